The molecule has 6 nitrogen and oxygen atoms in total. The number of piperidine rings is 1. The van der Waals surface area contributed by atoms with Gasteiger partial charge >= 0.3 is 0 Å². The first kappa shape index (κ1) is 16.0. The Balaban J connectivity index is 1.73. The van der Waals surface area contributed by atoms with E-state index in [1.165, 1.54) is 0 Å². The highest BCUT2D eigenvalue weighted by Crippen LogP contribution is 2.25. The van der Waals surface area contributed by atoms with E-state index in [4.69, 9.17) is 9.26 Å². The maximum absolute atomic E-state index is 9.57. The maximum atomic E-state index is 9.57. The zero-order valence-electron chi connectivity index (χ0n) is 13.6. The maximum Gasteiger partial charge on any atom is 0.257 e. The molecule has 0 amide bonds. The molecule has 1 N–H and O–H groups in total. The normalized spacial score (nSPS) is 22.2. The SMILES string of the molecule is COc1ccc(-c2nc(CN3C(C)CCCC3CO)no2)cc1. The molecular formula is C17H23N3O3. The summed E-state index contributed by atoms with van der Waals surface area (Å²) < 4.78 is 10.5. The zero-order valence-corrected chi connectivity index (χ0v) is 13.6. The van der Waals surface area contributed by atoms with Crippen LogP contribution in [0.15, 0.2) is 28.8 Å². The molecular weight excluding hydrogens is 294 g/mol. The van der Waals surface area contributed by atoms with Gasteiger partial charge in [-0.25, -0.2) is 0 Å². The number of hydrogen-bond donors (Lipinski definition) is 1. The van der Waals surface area contributed by atoms with Gasteiger partial charge in [-0.15, -0.1) is 0 Å². The summed E-state index contributed by atoms with van der Waals surface area (Å²) >= 11 is 0. The highest BCUT2D eigenvalue weighted by molar-refractivity contribution is 5.54. The van der Waals surface area contributed by atoms with Gasteiger partial charge in [0, 0.05) is 17.6 Å². The third-order valence-corrected chi connectivity index (χ3v) is 4.53. The molecule has 124 valence electrons. The van der Waals surface area contributed by atoms with Gasteiger partial charge in [0.1, 0.15) is 5.75 Å². The Morgan fingerprint density at radius 3 is 2.78 bits per heavy atom. The Labute approximate surface area is 136 Å². The number of aliphatic hydroxyl groups excluding tert-OH is 1. The minimum absolute atomic E-state index is 0.174. The van der Waals surface area contributed by atoms with Crippen LogP contribution in [0.4, 0.5) is 0 Å². The molecule has 0 bridgehead atoms. The van der Waals surface area contributed by atoms with Crippen LogP contribution in [0.1, 0.15) is 32.0 Å². The summed E-state index contributed by atoms with van der Waals surface area (Å²) in [6.07, 6.45) is 3.32. The van der Waals surface area contributed by atoms with Crippen molar-refractivity contribution in [2.45, 2.75) is 44.8 Å². The first-order valence-electron chi connectivity index (χ1n) is 8.05. The fraction of sp³-hybridized carbons (Fsp3) is 0.529. The topological polar surface area (TPSA) is 71.6 Å². The molecule has 0 saturated carbocycles. The summed E-state index contributed by atoms with van der Waals surface area (Å²) in [7, 11) is 1.64. The molecule has 0 radical (unpaired) electrons. The third-order valence-electron chi connectivity index (χ3n) is 4.53. The molecule has 2 unspecified atom stereocenters. The number of methoxy groups -OCH3 is 1. The summed E-state index contributed by atoms with van der Waals surface area (Å²) in [5.74, 6) is 1.96. The van der Waals surface area contributed by atoms with Crippen molar-refractivity contribution in [1.29, 1.82) is 0 Å². The standard InChI is InChI=1S/C17H23N3O3/c1-12-4-3-5-14(11-21)20(12)10-16-18-17(23-19-16)13-6-8-15(22-2)9-7-13/h6-9,12,14,21H,3-5,10-11H2,1-2H3. The van der Waals surface area contributed by atoms with Crippen LogP contribution in [-0.2, 0) is 6.54 Å². The zero-order chi connectivity index (χ0) is 16.2. The van der Waals surface area contributed by atoms with Gasteiger partial charge in [-0.3, -0.25) is 4.90 Å². The van der Waals surface area contributed by atoms with E-state index in [2.05, 4.69) is 22.0 Å². The molecule has 1 fully saturated rings. The molecule has 23 heavy (non-hydrogen) atoms. The Morgan fingerprint density at radius 2 is 2.09 bits per heavy atom. The largest absolute Gasteiger partial charge is 0.497 e. The predicted molar refractivity (Wildman–Crippen MR) is 86.0 cm³/mol. The molecule has 2 heterocycles. The molecule has 0 aliphatic carbocycles. The molecule has 1 aliphatic rings. The van der Waals surface area contributed by atoms with Crippen molar-refractivity contribution in [2.75, 3.05) is 13.7 Å². The second-order valence-corrected chi connectivity index (χ2v) is 6.03. The summed E-state index contributed by atoms with van der Waals surface area (Å²) in [5.41, 5.74) is 0.870. The molecule has 2 atom stereocenters. The van der Waals surface area contributed by atoms with E-state index in [0.29, 0.717) is 24.3 Å². The lowest BCUT2D eigenvalue weighted by Gasteiger charge is -2.39. The van der Waals surface area contributed by atoms with Crippen LogP contribution in [0.3, 0.4) is 0 Å². The lowest BCUT2D eigenvalue weighted by molar-refractivity contribution is 0.0425. The molecule has 0 spiro atoms. The van der Waals surface area contributed by atoms with Crippen LogP contribution in [0, 0.1) is 0 Å². The third kappa shape index (κ3) is 3.54. The van der Waals surface area contributed by atoms with Crippen LogP contribution >= 0.6 is 0 Å². The second-order valence-electron chi connectivity index (χ2n) is 6.03. The molecule has 2 aromatic rings. The quantitative estimate of drug-likeness (QED) is 0.913. The molecule has 1 aromatic heterocycles. The van der Waals surface area contributed by atoms with Crippen molar-refractivity contribution in [3.8, 4) is 17.2 Å². The van der Waals surface area contributed by atoms with Crippen molar-refractivity contribution in [3.63, 3.8) is 0 Å². The number of ether oxygens (including phenoxy) is 1. The van der Waals surface area contributed by atoms with Crippen molar-refractivity contribution in [2.24, 2.45) is 0 Å². The average Bonchev–Trinajstić information content (AvgIpc) is 3.05. The number of aliphatic hydroxyl groups is 1. The van der Waals surface area contributed by atoms with Crippen LogP contribution in [-0.4, -0.2) is 45.9 Å². The van der Waals surface area contributed by atoms with E-state index >= 15 is 0 Å². The summed E-state index contributed by atoms with van der Waals surface area (Å²) in [6, 6.07) is 8.14. The van der Waals surface area contributed by atoms with E-state index in [0.717, 1.165) is 30.6 Å². The number of hydrogen-bond acceptors (Lipinski definition) is 6. The average molecular weight is 317 g/mol. The number of benzene rings is 1. The van der Waals surface area contributed by atoms with Crippen LogP contribution in [0.5, 0.6) is 5.75 Å². The molecule has 1 aliphatic heterocycles. The molecule has 1 aromatic carbocycles. The Hall–Kier alpha value is -1.92. The van der Waals surface area contributed by atoms with Gasteiger partial charge in [-0.2, -0.15) is 4.98 Å². The number of aromatic nitrogens is 2. The predicted octanol–water partition coefficient (Wildman–Crippen LogP) is 2.48. The summed E-state index contributed by atoms with van der Waals surface area (Å²) in [5, 5.41) is 13.7. The molecule has 6 heteroatoms. The van der Waals surface area contributed by atoms with Gasteiger partial charge < -0.3 is 14.4 Å². The molecule has 1 saturated heterocycles. The fourth-order valence-electron chi connectivity index (χ4n) is 3.15. The van der Waals surface area contributed by atoms with Crippen molar-refractivity contribution in [3.05, 3.63) is 30.1 Å². The van der Waals surface area contributed by atoms with E-state index in [-0.39, 0.29) is 12.6 Å². The lowest BCUT2D eigenvalue weighted by Crippen LogP contribution is -2.46. The highest BCUT2D eigenvalue weighted by atomic mass is 16.5. The fourth-order valence-corrected chi connectivity index (χ4v) is 3.15. The van der Waals surface area contributed by atoms with Gasteiger partial charge in [-0.1, -0.05) is 11.6 Å². The number of likely N-dealkylation sites (tertiary alicyclic amines) is 1. The lowest BCUT2D eigenvalue weighted by atomic mass is 9.97. The monoisotopic (exact) mass is 317 g/mol. The smallest absolute Gasteiger partial charge is 0.257 e. The first-order chi connectivity index (χ1) is 11.2. The Morgan fingerprint density at radius 1 is 1.30 bits per heavy atom. The van der Waals surface area contributed by atoms with Crippen molar-refractivity contribution in [1.82, 2.24) is 15.0 Å². The van der Waals surface area contributed by atoms with Gasteiger partial charge in [0.25, 0.3) is 5.89 Å². The van der Waals surface area contributed by atoms with Gasteiger partial charge in [0.2, 0.25) is 0 Å². The Kier molecular flexibility index (Phi) is 4.93. The van der Waals surface area contributed by atoms with Crippen LogP contribution in [0.2, 0.25) is 0 Å². The van der Waals surface area contributed by atoms with E-state index in [1.807, 2.05) is 24.3 Å². The van der Waals surface area contributed by atoms with Crippen molar-refractivity contribution < 1.29 is 14.4 Å². The van der Waals surface area contributed by atoms with E-state index in [1.54, 1.807) is 7.11 Å². The minimum Gasteiger partial charge on any atom is -0.497 e. The highest BCUT2D eigenvalue weighted by Gasteiger charge is 2.28. The number of nitrogens with zero attached hydrogens (tertiary/aromatic N) is 3. The first-order valence-corrected chi connectivity index (χ1v) is 8.05. The van der Waals surface area contributed by atoms with Crippen LogP contribution in [0.25, 0.3) is 11.5 Å². The Bertz CT molecular complexity index is 626. The molecule has 3 rings (SSSR count). The summed E-state index contributed by atoms with van der Waals surface area (Å²) in [4.78, 5) is 6.76. The van der Waals surface area contributed by atoms with Gasteiger partial charge in [0.05, 0.1) is 20.3 Å². The van der Waals surface area contributed by atoms with Crippen LogP contribution < -0.4 is 4.74 Å². The second kappa shape index (κ2) is 7.10. The van der Waals surface area contributed by atoms with Gasteiger partial charge in [-0.05, 0) is 44.0 Å². The van der Waals surface area contributed by atoms with E-state index in [9.17, 15) is 5.11 Å². The minimum atomic E-state index is 0.174. The van der Waals surface area contributed by atoms with Crippen molar-refractivity contribution >= 4 is 0 Å². The van der Waals surface area contributed by atoms with E-state index < -0.39 is 0 Å². The van der Waals surface area contributed by atoms with Gasteiger partial charge in [0.15, 0.2) is 5.82 Å². The number of rotatable bonds is 5. The summed E-state index contributed by atoms with van der Waals surface area (Å²) in [6.45, 7) is 2.96.